The monoisotopic (exact) mass is 194 g/mol. The van der Waals surface area contributed by atoms with Crippen LogP contribution in [0.3, 0.4) is 0 Å². The maximum absolute atomic E-state index is 4.41. The van der Waals surface area contributed by atoms with Gasteiger partial charge in [-0.1, -0.05) is 20.3 Å². The molecule has 0 saturated heterocycles. The summed E-state index contributed by atoms with van der Waals surface area (Å²) in [7, 11) is 0. The molecule has 1 unspecified atom stereocenters. The molecule has 0 bridgehead atoms. The summed E-state index contributed by atoms with van der Waals surface area (Å²) < 4.78 is 2.05. The molecule has 0 aromatic carbocycles. The Morgan fingerprint density at radius 2 is 2.07 bits per heavy atom. The minimum Gasteiger partial charge on any atom is -0.267 e. The summed E-state index contributed by atoms with van der Waals surface area (Å²) in [5.41, 5.74) is 1.46. The minimum absolute atomic E-state index is 0.101. The molecule has 1 aromatic rings. The highest BCUT2D eigenvalue weighted by Crippen LogP contribution is 2.22. The number of aromatic nitrogens is 2. The van der Waals surface area contributed by atoms with Gasteiger partial charge in [0.25, 0.3) is 0 Å². The Morgan fingerprint density at radius 1 is 1.43 bits per heavy atom. The van der Waals surface area contributed by atoms with E-state index < -0.39 is 0 Å². The standard InChI is InChI=1S/C12H22N2/c1-6-7-10(2)11-8-13-14(9-11)12(3,4)5/h8-10H,6-7H2,1-5H3. The van der Waals surface area contributed by atoms with Crippen molar-refractivity contribution in [3.8, 4) is 0 Å². The van der Waals surface area contributed by atoms with Crippen LogP contribution in [0.1, 0.15) is 58.9 Å². The largest absolute Gasteiger partial charge is 0.267 e. The van der Waals surface area contributed by atoms with Crippen molar-refractivity contribution in [1.82, 2.24) is 9.78 Å². The Hall–Kier alpha value is -0.790. The van der Waals surface area contributed by atoms with Crippen molar-refractivity contribution in [2.45, 2.75) is 58.9 Å². The van der Waals surface area contributed by atoms with E-state index in [1.807, 2.05) is 6.20 Å². The highest BCUT2D eigenvalue weighted by atomic mass is 15.3. The summed E-state index contributed by atoms with van der Waals surface area (Å²) in [6, 6.07) is 0. The van der Waals surface area contributed by atoms with Gasteiger partial charge in [-0.3, -0.25) is 4.68 Å². The second-order valence-electron chi connectivity index (χ2n) is 5.08. The van der Waals surface area contributed by atoms with Crippen molar-refractivity contribution >= 4 is 0 Å². The van der Waals surface area contributed by atoms with Crippen LogP contribution in [0.5, 0.6) is 0 Å². The van der Waals surface area contributed by atoms with Crippen molar-refractivity contribution in [1.29, 1.82) is 0 Å². The molecule has 0 aliphatic heterocycles. The van der Waals surface area contributed by atoms with Crippen LogP contribution in [0.4, 0.5) is 0 Å². The van der Waals surface area contributed by atoms with Gasteiger partial charge in [0, 0.05) is 6.20 Å². The molecule has 0 spiro atoms. The van der Waals surface area contributed by atoms with Crippen molar-refractivity contribution in [3.05, 3.63) is 18.0 Å². The van der Waals surface area contributed by atoms with Crippen molar-refractivity contribution in [2.24, 2.45) is 0 Å². The van der Waals surface area contributed by atoms with Crippen LogP contribution in [-0.4, -0.2) is 9.78 Å². The van der Waals surface area contributed by atoms with E-state index in [1.165, 1.54) is 18.4 Å². The van der Waals surface area contributed by atoms with Crippen LogP contribution in [0, 0.1) is 0 Å². The molecule has 0 aliphatic rings. The van der Waals surface area contributed by atoms with Crippen LogP contribution < -0.4 is 0 Å². The van der Waals surface area contributed by atoms with Gasteiger partial charge in [-0.25, -0.2) is 0 Å². The molecule has 2 nitrogen and oxygen atoms in total. The minimum atomic E-state index is 0.101. The normalized spacial score (nSPS) is 14.4. The SMILES string of the molecule is CCCC(C)c1cnn(C(C)(C)C)c1. The molecule has 1 heterocycles. The average molecular weight is 194 g/mol. The van der Waals surface area contributed by atoms with Crippen LogP contribution >= 0.6 is 0 Å². The summed E-state index contributed by atoms with van der Waals surface area (Å²) in [5.74, 6) is 0.635. The van der Waals surface area contributed by atoms with Crippen LogP contribution in [0.25, 0.3) is 0 Å². The summed E-state index contributed by atoms with van der Waals surface area (Å²) in [6.45, 7) is 11.0. The molecular formula is C12H22N2. The third kappa shape index (κ3) is 2.60. The molecule has 0 saturated carbocycles. The Morgan fingerprint density at radius 3 is 2.50 bits per heavy atom. The third-order valence-electron chi connectivity index (χ3n) is 2.58. The Balaban J connectivity index is 2.78. The fourth-order valence-electron chi connectivity index (χ4n) is 1.56. The van der Waals surface area contributed by atoms with E-state index in [9.17, 15) is 0 Å². The molecule has 0 N–H and O–H groups in total. The van der Waals surface area contributed by atoms with E-state index in [0.29, 0.717) is 5.92 Å². The summed E-state index contributed by atoms with van der Waals surface area (Å²) >= 11 is 0. The fourth-order valence-corrected chi connectivity index (χ4v) is 1.56. The van der Waals surface area contributed by atoms with E-state index in [4.69, 9.17) is 0 Å². The van der Waals surface area contributed by atoms with Gasteiger partial charge in [-0.05, 0) is 38.7 Å². The molecule has 0 fully saturated rings. The van der Waals surface area contributed by atoms with E-state index in [1.54, 1.807) is 0 Å². The summed E-state index contributed by atoms with van der Waals surface area (Å²) in [4.78, 5) is 0. The molecule has 0 radical (unpaired) electrons. The Kier molecular flexibility index (Phi) is 3.35. The number of hydrogen-bond donors (Lipinski definition) is 0. The fraction of sp³-hybridized carbons (Fsp3) is 0.750. The van der Waals surface area contributed by atoms with E-state index in [-0.39, 0.29) is 5.54 Å². The van der Waals surface area contributed by atoms with Crippen molar-refractivity contribution < 1.29 is 0 Å². The summed E-state index contributed by atoms with van der Waals surface area (Å²) in [6.07, 6.45) is 6.67. The van der Waals surface area contributed by atoms with Gasteiger partial charge >= 0.3 is 0 Å². The lowest BCUT2D eigenvalue weighted by molar-refractivity contribution is 0.355. The Bertz CT molecular complexity index is 281. The molecule has 2 heteroatoms. The van der Waals surface area contributed by atoms with Gasteiger partial charge in [-0.2, -0.15) is 5.10 Å². The van der Waals surface area contributed by atoms with Gasteiger partial charge in [0.2, 0.25) is 0 Å². The molecule has 0 aliphatic carbocycles. The van der Waals surface area contributed by atoms with Gasteiger partial charge in [0.05, 0.1) is 11.7 Å². The lowest BCUT2D eigenvalue weighted by Crippen LogP contribution is -2.21. The van der Waals surface area contributed by atoms with Gasteiger partial charge < -0.3 is 0 Å². The Labute approximate surface area is 87.3 Å². The van der Waals surface area contributed by atoms with Crippen LogP contribution in [-0.2, 0) is 5.54 Å². The second-order valence-corrected chi connectivity index (χ2v) is 5.08. The third-order valence-corrected chi connectivity index (χ3v) is 2.58. The zero-order chi connectivity index (χ0) is 10.8. The highest BCUT2D eigenvalue weighted by Gasteiger charge is 2.15. The highest BCUT2D eigenvalue weighted by molar-refractivity contribution is 5.10. The van der Waals surface area contributed by atoms with Crippen LogP contribution in [0.15, 0.2) is 12.4 Å². The number of nitrogens with zero attached hydrogens (tertiary/aromatic N) is 2. The van der Waals surface area contributed by atoms with E-state index in [2.05, 4.69) is 50.6 Å². The average Bonchev–Trinajstić information content (AvgIpc) is 2.51. The second kappa shape index (κ2) is 4.16. The molecule has 14 heavy (non-hydrogen) atoms. The lowest BCUT2D eigenvalue weighted by atomic mass is 10.00. The first-order valence-corrected chi connectivity index (χ1v) is 5.50. The summed E-state index contributed by atoms with van der Waals surface area (Å²) in [5, 5.41) is 4.41. The maximum Gasteiger partial charge on any atom is 0.0543 e. The van der Waals surface area contributed by atoms with Crippen molar-refractivity contribution in [2.75, 3.05) is 0 Å². The van der Waals surface area contributed by atoms with Gasteiger partial charge in [0.1, 0.15) is 0 Å². The first kappa shape index (κ1) is 11.3. The lowest BCUT2D eigenvalue weighted by Gasteiger charge is -2.19. The van der Waals surface area contributed by atoms with Crippen LogP contribution in [0.2, 0.25) is 0 Å². The first-order chi connectivity index (χ1) is 6.45. The van der Waals surface area contributed by atoms with E-state index >= 15 is 0 Å². The molecule has 1 rings (SSSR count). The van der Waals surface area contributed by atoms with Crippen molar-refractivity contribution in [3.63, 3.8) is 0 Å². The smallest absolute Gasteiger partial charge is 0.0543 e. The zero-order valence-electron chi connectivity index (χ0n) is 10.0. The number of hydrogen-bond acceptors (Lipinski definition) is 1. The molecule has 1 aromatic heterocycles. The predicted octanol–water partition coefficient (Wildman–Crippen LogP) is 3.54. The predicted molar refractivity (Wildman–Crippen MR) is 60.5 cm³/mol. The van der Waals surface area contributed by atoms with Gasteiger partial charge in [0.15, 0.2) is 0 Å². The van der Waals surface area contributed by atoms with Gasteiger partial charge in [-0.15, -0.1) is 0 Å². The quantitative estimate of drug-likeness (QED) is 0.719. The molecular weight excluding hydrogens is 172 g/mol. The zero-order valence-corrected chi connectivity index (χ0v) is 10.0. The first-order valence-electron chi connectivity index (χ1n) is 5.50. The maximum atomic E-state index is 4.41. The molecule has 1 atom stereocenters. The van der Waals surface area contributed by atoms with E-state index in [0.717, 1.165) is 0 Å². The molecule has 0 amide bonds. The number of rotatable bonds is 3. The topological polar surface area (TPSA) is 17.8 Å². The molecule has 80 valence electrons.